The second kappa shape index (κ2) is 5.25. The predicted molar refractivity (Wildman–Crippen MR) is 76.0 cm³/mol. The molecule has 0 aromatic rings. The molecule has 0 aliphatic heterocycles. The molecule has 2 aliphatic rings. The van der Waals surface area contributed by atoms with Crippen LogP contribution in [0, 0.1) is 11.8 Å². The van der Waals surface area contributed by atoms with Gasteiger partial charge in [0.25, 0.3) is 0 Å². The summed E-state index contributed by atoms with van der Waals surface area (Å²) in [6.07, 6.45) is 11.3. The maximum absolute atomic E-state index is 2.48. The molecule has 0 saturated heterocycles. The van der Waals surface area contributed by atoms with Crippen molar-refractivity contribution in [3.8, 4) is 0 Å². The van der Waals surface area contributed by atoms with Gasteiger partial charge in [-0.3, -0.25) is 0 Å². The summed E-state index contributed by atoms with van der Waals surface area (Å²) in [4.78, 5) is 0. The predicted octanol–water partition coefficient (Wildman–Crippen LogP) is 5.43. The topological polar surface area (TPSA) is 0 Å². The van der Waals surface area contributed by atoms with Gasteiger partial charge in [0, 0.05) is 5.92 Å². The van der Waals surface area contributed by atoms with Crippen LogP contribution in [0.2, 0.25) is 0 Å². The molecule has 17 heavy (non-hydrogen) atoms. The fraction of sp³-hybridized carbons (Fsp3) is 0.647. The van der Waals surface area contributed by atoms with E-state index in [-0.39, 0.29) is 0 Å². The van der Waals surface area contributed by atoms with Gasteiger partial charge in [-0.05, 0) is 58.8 Å². The standard InChI is InChI=1S/C17H26/c1-5-12(2)7-6-8-13(3)15-9-10-16(15)17-11-14(17)4/h5,8,14-15H,6-7,9-11H2,1-4H3. The lowest BCUT2D eigenvalue weighted by atomic mass is 9.74. The highest BCUT2D eigenvalue weighted by atomic mass is 14.4. The zero-order valence-electron chi connectivity index (χ0n) is 11.8. The Hall–Kier alpha value is -0.780. The number of hydrogen-bond acceptors (Lipinski definition) is 0. The van der Waals surface area contributed by atoms with E-state index in [0.29, 0.717) is 0 Å². The van der Waals surface area contributed by atoms with Crippen molar-refractivity contribution in [3.05, 3.63) is 34.4 Å². The average Bonchev–Trinajstić information content (AvgIpc) is 2.93. The monoisotopic (exact) mass is 230 g/mol. The van der Waals surface area contributed by atoms with Crippen molar-refractivity contribution >= 4 is 0 Å². The number of allylic oxidation sites excluding steroid dienone is 6. The minimum absolute atomic E-state index is 0.820. The van der Waals surface area contributed by atoms with Gasteiger partial charge in [0.15, 0.2) is 0 Å². The molecular formula is C17H26. The Kier molecular flexibility index (Phi) is 3.91. The summed E-state index contributed by atoms with van der Waals surface area (Å²) < 4.78 is 0. The van der Waals surface area contributed by atoms with Crippen LogP contribution in [-0.4, -0.2) is 0 Å². The van der Waals surface area contributed by atoms with Crippen LogP contribution in [0.4, 0.5) is 0 Å². The molecule has 0 bridgehead atoms. The molecule has 0 heteroatoms. The second-order valence-corrected chi connectivity index (χ2v) is 5.87. The highest BCUT2D eigenvalue weighted by Gasteiger charge is 2.36. The van der Waals surface area contributed by atoms with Crippen molar-refractivity contribution in [1.82, 2.24) is 0 Å². The van der Waals surface area contributed by atoms with Gasteiger partial charge in [0.1, 0.15) is 0 Å². The van der Waals surface area contributed by atoms with Crippen molar-refractivity contribution in [1.29, 1.82) is 0 Å². The van der Waals surface area contributed by atoms with Crippen LogP contribution < -0.4 is 0 Å². The Morgan fingerprint density at radius 3 is 2.47 bits per heavy atom. The van der Waals surface area contributed by atoms with Crippen LogP contribution in [0.25, 0.3) is 0 Å². The second-order valence-electron chi connectivity index (χ2n) is 5.87. The third-order valence-corrected chi connectivity index (χ3v) is 4.54. The molecule has 0 radical (unpaired) electrons. The molecule has 2 unspecified atom stereocenters. The van der Waals surface area contributed by atoms with Crippen LogP contribution >= 0.6 is 0 Å². The first-order valence-corrected chi connectivity index (χ1v) is 7.13. The number of hydrogen-bond donors (Lipinski definition) is 0. The summed E-state index contributed by atoms with van der Waals surface area (Å²) in [6.45, 7) is 9.06. The minimum Gasteiger partial charge on any atom is -0.0887 e. The molecule has 2 rings (SSSR count). The van der Waals surface area contributed by atoms with E-state index >= 15 is 0 Å². The Morgan fingerprint density at radius 2 is 2.00 bits per heavy atom. The van der Waals surface area contributed by atoms with Crippen molar-refractivity contribution in [2.45, 2.75) is 59.8 Å². The molecule has 0 amide bonds. The smallest absolute Gasteiger partial charge is 0.000999 e. The molecule has 0 nitrogen and oxygen atoms in total. The van der Waals surface area contributed by atoms with Crippen molar-refractivity contribution in [3.63, 3.8) is 0 Å². The molecule has 0 N–H and O–H groups in total. The van der Waals surface area contributed by atoms with E-state index in [4.69, 9.17) is 0 Å². The molecule has 2 saturated carbocycles. The van der Waals surface area contributed by atoms with E-state index in [1.165, 1.54) is 37.7 Å². The first-order valence-electron chi connectivity index (χ1n) is 7.13. The molecular weight excluding hydrogens is 204 g/mol. The molecule has 2 atom stereocenters. The summed E-state index contributed by atoms with van der Waals surface area (Å²) in [7, 11) is 0. The third-order valence-electron chi connectivity index (χ3n) is 4.54. The van der Waals surface area contributed by atoms with Crippen molar-refractivity contribution in [2.75, 3.05) is 0 Å². The van der Waals surface area contributed by atoms with E-state index in [0.717, 1.165) is 11.8 Å². The van der Waals surface area contributed by atoms with Gasteiger partial charge in [-0.1, -0.05) is 41.4 Å². The van der Waals surface area contributed by atoms with Crippen molar-refractivity contribution < 1.29 is 0 Å². The summed E-state index contributed by atoms with van der Waals surface area (Å²) in [5.41, 5.74) is 6.73. The van der Waals surface area contributed by atoms with Crippen LogP contribution in [0.1, 0.15) is 59.8 Å². The SMILES string of the molecule is CC=C(C)CCC=C(C)C1CCC1=C1CC1C. The Balaban J connectivity index is 1.88. The first kappa shape index (κ1) is 12.7. The third kappa shape index (κ3) is 2.91. The van der Waals surface area contributed by atoms with E-state index in [1.807, 2.05) is 0 Å². The maximum Gasteiger partial charge on any atom is 0.000999 e. The molecule has 0 aromatic carbocycles. The van der Waals surface area contributed by atoms with E-state index in [1.54, 1.807) is 16.7 Å². The van der Waals surface area contributed by atoms with Gasteiger partial charge in [-0.2, -0.15) is 0 Å². The normalized spacial score (nSPS) is 33.6. The van der Waals surface area contributed by atoms with Crippen LogP contribution in [0.15, 0.2) is 34.4 Å². The van der Waals surface area contributed by atoms with Crippen LogP contribution in [-0.2, 0) is 0 Å². The molecule has 2 aliphatic carbocycles. The summed E-state index contributed by atoms with van der Waals surface area (Å²) in [5, 5.41) is 0. The molecule has 2 fully saturated rings. The quantitative estimate of drug-likeness (QED) is 0.565. The van der Waals surface area contributed by atoms with Crippen LogP contribution in [0.5, 0.6) is 0 Å². The maximum atomic E-state index is 2.48. The lowest BCUT2D eigenvalue weighted by Gasteiger charge is -2.31. The molecule has 94 valence electrons. The van der Waals surface area contributed by atoms with Gasteiger partial charge in [-0.15, -0.1) is 0 Å². The van der Waals surface area contributed by atoms with E-state index in [9.17, 15) is 0 Å². The molecule has 0 aromatic heterocycles. The highest BCUT2D eigenvalue weighted by Crippen LogP contribution is 2.50. The Bertz CT molecular complexity index is 379. The van der Waals surface area contributed by atoms with Gasteiger partial charge in [-0.25, -0.2) is 0 Å². The summed E-state index contributed by atoms with van der Waals surface area (Å²) in [5.74, 6) is 1.73. The van der Waals surface area contributed by atoms with Gasteiger partial charge in [0.05, 0.1) is 0 Å². The first-order chi connectivity index (χ1) is 8.13. The number of rotatable bonds is 4. The van der Waals surface area contributed by atoms with Crippen LogP contribution in [0.3, 0.4) is 0 Å². The molecule has 0 heterocycles. The van der Waals surface area contributed by atoms with Crippen molar-refractivity contribution in [2.24, 2.45) is 11.8 Å². The summed E-state index contributed by atoms with van der Waals surface area (Å²) >= 11 is 0. The van der Waals surface area contributed by atoms with Gasteiger partial charge >= 0.3 is 0 Å². The van der Waals surface area contributed by atoms with E-state index < -0.39 is 0 Å². The van der Waals surface area contributed by atoms with Gasteiger partial charge in [0.2, 0.25) is 0 Å². The Labute approximate surface area is 106 Å². The Morgan fingerprint density at radius 1 is 1.29 bits per heavy atom. The van der Waals surface area contributed by atoms with Gasteiger partial charge < -0.3 is 0 Å². The highest BCUT2D eigenvalue weighted by molar-refractivity contribution is 5.38. The zero-order valence-corrected chi connectivity index (χ0v) is 11.8. The molecule has 0 spiro atoms. The lowest BCUT2D eigenvalue weighted by molar-refractivity contribution is 0.500. The fourth-order valence-electron chi connectivity index (χ4n) is 2.85. The summed E-state index contributed by atoms with van der Waals surface area (Å²) in [6, 6.07) is 0. The largest absolute Gasteiger partial charge is 0.0887 e. The average molecular weight is 230 g/mol. The zero-order chi connectivity index (χ0) is 12.4. The van der Waals surface area contributed by atoms with E-state index in [2.05, 4.69) is 39.8 Å². The minimum atomic E-state index is 0.820. The lowest BCUT2D eigenvalue weighted by Crippen LogP contribution is -2.17. The fourth-order valence-corrected chi connectivity index (χ4v) is 2.85.